The Hall–Kier alpha value is -3.32. The highest BCUT2D eigenvalue weighted by Crippen LogP contribution is 2.19. The number of rotatable bonds is 5. The van der Waals surface area contributed by atoms with E-state index >= 15 is 0 Å². The Balaban J connectivity index is 2.14. The largest absolute Gasteiger partial charge is 0.496 e. The van der Waals surface area contributed by atoms with E-state index in [0.29, 0.717) is 5.69 Å². The van der Waals surface area contributed by atoms with Crippen LogP contribution in [-0.4, -0.2) is 13.0 Å². The second-order valence-electron chi connectivity index (χ2n) is 5.06. The number of benzene rings is 2. The minimum Gasteiger partial charge on any atom is -0.496 e. The Labute approximate surface area is 141 Å². The summed E-state index contributed by atoms with van der Waals surface area (Å²) >= 11 is 0. The average molecular weight is 318 g/mol. The van der Waals surface area contributed by atoms with Crippen molar-refractivity contribution in [3.63, 3.8) is 0 Å². The monoisotopic (exact) mass is 318 g/mol. The van der Waals surface area contributed by atoms with E-state index < -0.39 is 5.91 Å². The molecular formula is C20H18N2O2. The molecule has 0 heterocycles. The van der Waals surface area contributed by atoms with Gasteiger partial charge < -0.3 is 10.1 Å². The van der Waals surface area contributed by atoms with Crippen molar-refractivity contribution in [2.24, 2.45) is 0 Å². The molecule has 2 aromatic rings. The number of nitrogens with one attached hydrogen (secondary N) is 1. The van der Waals surface area contributed by atoms with Crippen LogP contribution < -0.4 is 10.1 Å². The smallest absolute Gasteiger partial charge is 0.266 e. The van der Waals surface area contributed by atoms with Gasteiger partial charge in [-0.15, -0.1) is 0 Å². The number of methoxy groups -OCH3 is 1. The molecule has 24 heavy (non-hydrogen) atoms. The number of hydrogen-bond donors (Lipinski definition) is 1. The Morgan fingerprint density at radius 2 is 1.88 bits per heavy atom. The number of aryl methyl sites for hydroxylation is 1. The number of anilines is 1. The van der Waals surface area contributed by atoms with E-state index in [0.717, 1.165) is 16.9 Å². The third-order valence-electron chi connectivity index (χ3n) is 3.44. The van der Waals surface area contributed by atoms with Crippen LogP contribution in [0.15, 0.2) is 66.3 Å². The molecule has 0 fully saturated rings. The first kappa shape index (κ1) is 17.0. The van der Waals surface area contributed by atoms with E-state index in [9.17, 15) is 10.1 Å². The lowest BCUT2D eigenvalue weighted by Crippen LogP contribution is -2.14. The zero-order valence-electron chi connectivity index (χ0n) is 13.6. The first-order chi connectivity index (χ1) is 11.7. The van der Waals surface area contributed by atoms with E-state index in [4.69, 9.17) is 4.74 Å². The lowest BCUT2D eigenvalue weighted by atomic mass is 10.1. The van der Waals surface area contributed by atoms with Crippen molar-refractivity contribution in [3.8, 4) is 11.8 Å². The summed E-state index contributed by atoms with van der Waals surface area (Å²) in [4.78, 5) is 12.2. The number of nitrogens with zero attached hydrogens (tertiary/aromatic N) is 1. The molecule has 0 aliphatic carbocycles. The summed E-state index contributed by atoms with van der Waals surface area (Å²) in [5, 5.41) is 11.9. The van der Waals surface area contributed by atoms with Gasteiger partial charge in [-0.3, -0.25) is 4.79 Å². The van der Waals surface area contributed by atoms with Crippen molar-refractivity contribution in [1.29, 1.82) is 5.26 Å². The van der Waals surface area contributed by atoms with Crippen LogP contribution in [-0.2, 0) is 4.79 Å². The second-order valence-corrected chi connectivity index (χ2v) is 5.06. The predicted molar refractivity (Wildman–Crippen MR) is 95.5 cm³/mol. The van der Waals surface area contributed by atoms with E-state index in [-0.39, 0.29) is 5.57 Å². The molecule has 0 saturated carbocycles. The molecule has 0 bridgehead atoms. The third kappa shape index (κ3) is 4.34. The summed E-state index contributed by atoms with van der Waals surface area (Å²) in [5.74, 6) is 0.293. The first-order valence-corrected chi connectivity index (χ1v) is 7.44. The minimum absolute atomic E-state index is 0.0319. The van der Waals surface area contributed by atoms with Gasteiger partial charge in [-0.2, -0.15) is 5.26 Å². The molecule has 0 unspecified atom stereocenters. The minimum atomic E-state index is -0.434. The van der Waals surface area contributed by atoms with Gasteiger partial charge in [0.1, 0.15) is 17.4 Å². The highest BCUT2D eigenvalue weighted by atomic mass is 16.5. The van der Waals surface area contributed by atoms with Crippen molar-refractivity contribution in [1.82, 2.24) is 0 Å². The number of hydrogen-bond acceptors (Lipinski definition) is 3. The highest BCUT2D eigenvalue weighted by Gasteiger charge is 2.09. The SMILES string of the molecule is COc1ccccc1/C=C/C=C(\C#N)C(=O)Nc1ccccc1C. The van der Waals surface area contributed by atoms with Gasteiger partial charge in [-0.25, -0.2) is 0 Å². The van der Waals surface area contributed by atoms with Crippen molar-refractivity contribution in [2.75, 3.05) is 12.4 Å². The van der Waals surface area contributed by atoms with Crippen LogP contribution in [0.1, 0.15) is 11.1 Å². The van der Waals surface area contributed by atoms with Gasteiger partial charge in [-0.05, 0) is 30.7 Å². The lowest BCUT2D eigenvalue weighted by molar-refractivity contribution is -0.112. The molecule has 120 valence electrons. The Morgan fingerprint density at radius 3 is 2.58 bits per heavy atom. The molecule has 4 heteroatoms. The zero-order valence-corrected chi connectivity index (χ0v) is 13.6. The lowest BCUT2D eigenvalue weighted by Gasteiger charge is -2.06. The maximum atomic E-state index is 12.2. The van der Waals surface area contributed by atoms with Crippen LogP contribution in [0.2, 0.25) is 0 Å². The third-order valence-corrected chi connectivity index (χ3v) is 3.44. The standard InChI is InChI=1S/C20H18N2O2/c1-15-8-3-5-12-18(15)22-20(23)17(14-21)11-7-10-16-9-4-6-13-19(16)24-2/h3-13H,1-2H3,(H,22,23)/b10-7+,17-11+. The number of carbonyl (C=O) groups is 1. The molecule has 2 aromatic carbocycles. The van der Waals surface area contributed by atoms with Crippen molar-refractivity contribution < 1.29 is 9.53 Å². The van der Waals surface area contributed by atoms with Crippen LogP contribution >= 0.6 is 0 Å². The normalized spacial score (nSPS) is 11.1. The quantitative estimate of drug-likeness (QED) is 0.513. The van der Waals surface area contributed by atoms with E-state index in [1.165, 1.54) is 6.08 Å². The van der Waals surface area contributed by atoms with Crippen molar-refractivity contribution in [2.45, 2.75) is 6.92 Å². The summed E-state index contributed by atoms with van der Waals surface area (Å²) in [6, 6.07) is 16.8. The van der Waals surface area contributed by atoms with Gasteiger partial charge in [0.15, 0.2) is 0 Å². The number of ether oxygens (including phenoxy) is 1. The fourth-order valence-electron chi connectivity index (χ4n) is 2.12. The second kappa shape index (κ2) is 8.35. The van der Waals surface area contributed by atoms with Gasteiger partial charge in [0.2, 0.25) is 0 Å². The summed E-state index contributed by atoms with van der Waals surface area (Å²) in [6.45, 7) is 1.90. The molecule has 0 saturated heterocycles. The average Bonchev–Trinajstić information content (AvgIpc) is 2.61. The maximum Gasteiger partial charge on any atom is 0.266 e. The number of allylic oxidation sites excluding steroid dienone is 2. The zero-order chi connectivity index (χ0) is 17.4. The number of amides is 1. The molecule has 1 amide bonds. The first-order valence-electron chi connectivity index (χ1n) is 7.44. The van der Waals surface area contributed by atoms with Crippen molar-refractivity contribution >= 4 is 17.7 Å². The van der Waals surface area contributed by atoms with Crippen LogP contribution in [0.5, 0.6) is 5.75 Å². The molecule has 4 nitrogen and oxygen atoms in total. The summed E-state index contributed by atoms with van der Waals surface area (Å²) in [7, 11) is 1.60. The molecule has 0 aliphatic heterocycles. The summed E-state index contributed by atoms with van der Waals surface area (Å²) < 4.78 is 5.25. The van der Waals surface area contributed by atoms with Gasteiger partial charge in [0.05, 0.1) is 7.11 Å². The highest BCUT2D eigenvalue weighted by molar-refractivity contribution is 6.07. The van der Waals surface area contributed by atoms with Crippen molar-refractivity contribution in [3.05, 3.63) is 77.4 Å². The van der Waals surface area contributed by atoms with E-state index in [1.807, 2.05) is 55.5 Å². The number of carbonyl (C=O) groups excluding carboxylic acids is 1. The molecule has 0 aliphatic rings. The molecular weight excluding hydrogens is 300 g/mol. The Morgan fingerprint density at radius 1 is 1.17 bits per heavy atom. The maximum absolute atomic E-state index is 12.2. The van der Waals surface area contributed by atoms with E-state index in [2.05, 4.69) is 5.32 Å². The van der Waals surface area contributed by atoms with Crippen LogP contribution in [0, 0.1) is 18.3 Å². The fourth-order valence-corrected chi connectivity index (χ4v) is 2.12. The molecule has 0 radical (unpaired) electrons. The van der Waals surface area contributed by atoms with Crippen LogP contribution in [0.4, 0.5) is 5.69 Å². The van der Waals surface area contributed by atoms with E-state index in [1.54, 1.807) is 25.3 Å². The summed E-state index contributed by atoms with van der Waals surface area (Å²) in [6.07, 6.45) is 4.94. The number of nitriles is 1. The molecule has 2 rings (SSSR count). The molecule has 1 N–H and O–H groups in total. The number of para-hydroxylation sites is 2. The van der Waals surface area contributed by atoms with Gasteiger partial charge in [0, 0.05) is 11.3 Å². The van der Waals surface area contributed by atoms with Gasteiger partial charge >= 0.3 is 0 Å². The van der Waals surface area contributed by atoms with Gasteiger partial charge in [0.25, 0.3) is 5.91 Å². The summed E-state index contributed by atoms with van der Waals surface area (Å²) in [5.41, 5.74) is 2.53. The predicted octanol–water partition coefficient (Wildman–Crippen LogP) is 4.11. The van der Waals surface area contributed by atoms with Crippen LogP contribution in [0.25, 0.3) is 6.08 Å². The fraction of sp³-hybridized carbons (Fsp3) is 0.100. The van der Waals surface area contributed by atoms with Crippen LogP contribution in [0.3, 0.4) is 0 Å². The Kier molecular flexibility index (Phi) is 5.93. The van der Waals surface area contributed by atoms with Gasteiger partial charge in [-0.1, -0.05) is 48.6 Å². The molecule has 0 atom stereocenters. The molecule has 0 aromatic heterocycles. The molecule has 0 spiro atoms. The topological polar surface area (TPSA) is 62.1 Å². The Bertz CT molecular complexity index is 830.